The Balaban J connectivity index is 1.53. The van der Waals surface area contributed by atoms with E-state index in [2.05, 4.69) is 0 Å². The number of ether oxygens (including phenoxy) is 2. The molecule has 6 nitrogen and oxygen atoms in total. The summed E-state index contributed by atoms with van der Waals surface area (Å²) in [6.45, 7) is 2.30. The average molecular weight is 478 g/mol. The predicted octanol–water partition coefficient (Wildman–Crippen LogP) is 5.68. The molecule has 1 aliphatic rings. The van der Waals surface area contributed by atoms with Crippen molar-refractivity contribution in [2.75, 3.05) is 6.61 Å². The van der Waals surface area contributed by atoms with Crippen molar-refractivity contribution in [1.29, 1.82) is 0 Å². The molecular formula is C26H20FNO5S. The first kappa shape index (κ1) is 23.3. The summed E-state index contributed by atoms with van der Waals surface area (Å²) in [7, 11) is 0. The standard InChI is InChI=1S/C26H20FNO5S/c1-2-32-22-14-18(8-13-21(22)33-25(30)19-9-11-20(27)12-10-19)15-23-24(29)28(26(31)34-23)16-17-6-4-3-5-7-17/h3-15H,2,16H2,1H3/b23-15-. The Morgan fingerprint density at radius 2 is 1.74 bits per heavy atom. The van der Waals surface area contributed by atoms with E-state index in [1.807, 2.05) is 30.3 Å². The predicted molar refractivity (Wildman–Crippen MR) is 127 cm³/mol. The highest BCUT2D eigenvalue weighted by molar-refractivity contribution is 8.18. The fourth-order valence-electron chi connectivity index (χ4n) is 3.27. The van der Waals surface area contributed by atoms with Gasteiger partial charge in [-0.2, -0.15) is 0 Å². The van der Waals surface area contributed by atoms with Gasteiger partial charge in [-0.25, -0.2) is 9.18 Å². The Morgan fingerprint density at radius 3 is 2.44 bits per heavy atom. The summed E-state index contributed by atoms with van der Waals surface area (Å²) in [6, 6.07) is 19.1. The Morgan fingerprint density at radius 1 is 1.00 bits per heavy atom. The molecule has 1 fully saturated rings. The molecule has 1 heterocycles. The highest BCUT2D eigenvalue weighted by Crippen LogP contribution is 2.35. The average Bonchev–Trinajstić information content (AvgIpc) is 3.09. The molecule has 34 heavy (non-hydrogen) atoms. The van der Waals surface area contributed by atoms with E-state index in [1.165, 1.54) is 29.2 Å². The fraction of sp³-hybridized carbons (Fsp3) is 0.115. The monoisotopic (exact) mass is 477 g/mol. The van der Waals surface area contributed by atoms with Crippen molar-refractivity contribution in [3.63, 3.8) is 0 Å². The molecule has 0 saturated carbocycles. The van der Waals surface area contributed by atoms with E-state index in [4.69, 9.17) is 9.47 Å². The van der Waals surface area contributed by atoms with Crippen LogP contribution in [0, 0.1) is 5.82 Å². The summed E-state index contributed by atoms with van der Waals surface area (Å²) in [5.41, 5.74) is 1.66. The van der Waals surface area contributed by atoms with Gasteiger partial charge >= 0.3 is 5.97 Å². The smallest absolute Gasteiger partial charge is 0.343 e. The number of thioether (sulfide) groups is 1. The van der Waals surface area contributed by atoms with Gasteiger partial charge in [0.05, 0.1) is 23.6 Å². The third-order valence-electron chi connectivity index (χ3n) is 4.91. The Kier molecular flexibility index (Phi) is 7.08. The van der Waals surface area contributed by atoms with Crippen molar-refractivity contribution in [2.45, 2.75) is 13.5 Å². The van der Waals surface area contributed by atoms with E-state index in [1.54, 1.807) is 31.2 Å². The van der Waals surface area contributed by atoms with Crippen LogP contribution >= 0.6 is 11.8 Å². The molecule has 8 heteroatoms. The number of amides is 2. The van der Waals surface area contributed by atoms with Gasteiger partial charge in [0, 0.05) is 0 Å². The van der Waals surface area contributed by atoms with E-state index < -0.39 is 11.8 Å². The number of hydrogen-bond acceptors (Lipinski definition) is 6. The van der Waals surface area contributed by atoms with Crippen LogP contribution in [0.15, 0.2) is 77.7 Å². The van der Waals surface area contributed by atoms with E-state index in [9.17, 15) is 18.8 Å². The molecule has 4 rings (SSSR count). The minimum Gasteiger partial charge on any atom is -0.490 e. The molecule has 0 unspecified atom stereocenters. The quantitative estimate of drug-likeness (QED) is 0.248. The first-order valence-corrected chi connectivity index (χ1v) is 11.3. The largest absolute Gasteiger partial charge is 0.490 e. The lowest BCUT2D eigenvalue weighted by atomic mass is 10.1. The third-order valence-corrected chi connectivity index (χ3v) is 5.81. The van der Waals surface area contributed by atoms with Crippen LogP contribution in [0.2, 0.25) is 0 Å². The summed E-state index contributed by atoms with van der Waals surface area (Å²) >= 11 is 0.870. The fourth-order valence-corrected chi connectivity index (χ4v) is 4.10. The molecule has 3 aromatic carbocycles. The molecule has 0 aromatic heterocycles. The van der Waals surface area contributed by atoms with Crippen molar-refractivity contribution < 1.29 is 28.2 Å². The van der Waals surface area contributed by atoms with Crippen LogP contribution in [0.3, 0.4) is 0 Å². The maximum absolute atomic E-state index is 13.1. The van der Waals surface area contributed by atoms with Gasteiger partial charge in [0.25, 0.3) is 11.1 Å². The van der Waals surface area contributed by atoms with Crippen molar-refractivity contribution in [2.24, 2.45) is 0 Å². The van der Waals surface area contributed by atoms with Crippen molar-refractivity contribution in [3.05, 3.63) is 100 Å². The number of carbonyl (C=O) groups excluding carboxylic acids is 3. The molecular weight excluding hydrogens is 457 g/mol. The van der Waals surface area contributed by atoms with E-state index in [0.717, 1.165) is 17.3 Å². The van der Waals surface area contributed by atoms with E-state index in [0.29, 0.717) is 22.8 Å². The number of nitrogens with zero attached hydrogens (tertiary/aromatic N) is 1. The molecule has 0 N–H and O–H groups in total. The van der Waals surface area contributed by atoms with Gasteiger partial charge < -0.3 is 9.47 Å². The maximum atomic E-state index is 13.1. The Bertz CT molecular complexity index is 1260. The molecule has 0 spiro atoms. The molecule has 1 aliphatic heterocycles. The summed E-state index contributed by atoms with van der Waals surface area (Å²) in [4.78, 5) is 39.1. The second kappa shape index (κ2) is 10.4. The SMILES string of the molecule is CCOc1cc(/C=C2\SC(=O)N(Cc3ccccc3)C2=O)ccc1OC(=O)c1ccc(F)cc1. The summed E-state index contributed by atoms with van der Waals surface area (Å²) in [5.74, 6) is -0.996. The zero-order valence-corrected chi connectivity index (χ0v) is 19.0. The van der Waals surface area contributed by atoms with Crippen LogP contribution < -0.4 is 9.47 Å². The normalized spacial score (nSPS) is 14.5. The summed E-state index contributed by atoms with van der Waals surface area (Å²) in [6.07, 6.45) is 1.60. The number of carbonyl (C=O) groups is 3. The van der Waals surface area contributed by atoms with Crippen molar-refractivity contribution >= 4 is 35.0 Å². The van der Waals surface area contributed by atoms with Gasteiger partial charge in [0.2, 0.25) is 0 Å². The Labute approximate surface area is 200 Å². The zero-order chi connectivity index (χ0) is 24.1. The van der Waals surface area contributed by atoms with E-state index in [-0.39, 0.29) is 29.0 Å². The zero-order valence-electron chi connectivity index (χ0n) is 18.2. The van der Waals surface area contributed by atoms with Gasteiger partial charge in [0.1, 0.15) is 5.82 Å². The molecule has 3 aromatic rings. The van der Waals surface area contributed by atoms with Crippen LogP contribution in [-0.4, -0.2) is 28.6 Å². The van der Waals surface area contributed by atoms with Crippen LogP contribution in [0.4, 0.5) is 9.18 Å². The lowest BCUT2D eigenvalue weighted by molar-refractivity contribution is -0.123. The van der Waals surface area contributed by atoms with Gasteiger partial charge in [-0.1, -0.05) is 36.4 Å². The van der Waals surface area contributed by atoms with Crippen LogP contribution in [0.25, 0.3) is 6.08 Å². The number of halogens is 1. The number of hydrogen-bond donors (Lipinski definition) is 0. The number of imide groups is 1. The van der Waals surface area contributed by atoms with Crippen LogP contribution in [0.5, 0.6) is 11.5 Å². The van der Waals surface area contributed by atoms with Crippen LogP contribution in [0.1, 0.15) is 28.4 Å². The summed E-state index contributed by atoms with van der Waals surface area (Å²) in [5, 5.41) is -0.338. The van der Waals surface area contributed by atoms with Gasteiger partial charge in [-0.05, 0) is 72.3 Å². The second-order valence-corrected chi connectivity index (χ2v) is 8.28. The topological polar surface area (TPSA) is 72.9 Å². The number of rotatable bonds is 7. The minimum atomic E-state index is -0.657. The van der Waals surface area contributed by atoms with Gasteiger partial charge in [0.15, 0.2) is 11.5 Å². The van der Waals surface area contributed by atoms with Gasteiger partial charge in [-0.3, -0.25) is 14.5 Å². The van der Waals surface area contributed by atoms with Gasteiger partial charge in [-0.15, -0.1) is 0 Å². The molecule has 0 bridgehead atoms. The third kappa shape index (κ3) is 5.35. The lowest BCUT2D eigenvalue weighted by Crippen LogP contribution is -2.27. The number of esters is 1. The molecule has 2 amide bonds. The molecule has 0 atom stereocenters. The summed E-state index contributed by atoms with van der Waals surface area (Å²) < 4.78 is 24.2. The van der Waals surface area contributed by atoms with Crippen LogP contribution in [-0.2, 0) is 11.3 Å². The Hall–Kier alpha value is -3.91. The minimum absolute atomic E-state index is 0.186. The molecule has 0 aliphatic carbocycles. The molecule has 172 valence electrons. The highest BCUT2D eigenvalue weighted by Gasteiger charge is 2.35. The van der Waals surface area contributed by atoms with Crippen molar-refractivity contribution in [1.82, 2.24) is 4.90 Å². The van der Waals surface area contributed by atoms with E-state index >= 15 is 0 Å². The second-order valence-electron chi connectivity index (χ2n) is 7.29. The lowest BCUT2D eigenvalue weighted by Gasteiger charge is -2.12. The maximum Gasteiger partial charge on any atom is 0.343 e. The van der Waals surface area contributed by atoms with Crippen molar-refractivity contribution in [3.8, 4) is 11.5 Å². The molecule has 1 saturated heterocycles. The first-order valence-electron chi connectivity index (χ1n) is 10.5. The molecule has 0 radical (unpaired) electrons. The highest BCUT2D eigenvalue weighted by atomic mass is 32.2. The number of benzene rings is 3. The first-order chi connectivity index (χ1) is 16.4.